The lowest BCUT2D eigenvalue weighted by Gasteiger charge is -2.21. The normalized spacial score (nSPS) is 20.1. The highest BCUT2D eigenvalue weighted by atomic mass is 32.1. The van der Waals surface area contributed by atoms with Crippen molar-refractivity contribution in [1.82, 2.24) is 0 Å². The van der Waals surface area contributed by atoms with Crippen LogP contribution in [0.1, 0.15) is 35.3 Å². The van der Waals surface area contributed by atoms with Gasteiger partial charge in [-0.05, 0) is 66.8 Å². The third-order valence-corrected chi connectivity index (χ3v) is 6.21. The van der Waals surface area contributed by atoms with Crippen LogP contribution in [-0.4, -0.2) is 31.7 Å². The maximum absolute atomic E-state index is 12.7. The highest BCUT2D eigenvalue weighted by molar-refractivity contribution is 7.09. The summed E-state index contributed by atoms with van der Waals surface area (Å²) < 4.78 is 5.80. The zero-order valence-electron chi connectivity index (χ0n) is 15.1. The molecule has 0 saturated carbocycles. The van der Waals surface area contributed by atoms with E-state index in [-0.39, 0.29) is 12.0 Å². The molecule has 1 aliphatic heterocycles. The first-order chi connectivity index (χ1) is 12.8. The van der Waals surface area contributed by atoms with Gasteiger partial charge in [-0.15, -0.1) is 11.3 Å². The van der Waals surface area contributed by atoms with E-state index in [1.807, 2.05) is 6.07 Å². The van der Waals surface area contributed by atoms with E-state index in [1.165, 1.54) is 33.7 Å². The molecule has 2 N–H and O–H groups in total. The Morgan fingerprint density at radius 3 is 2.96 bits per heavy atom. The standard InChI is InChI=1S/C21H26N2O2S/c24-21(22-18-9-8-16-4-1-5-17(16)12-18)15-23(13-19-6-2-10-25-19)14-20-7-3-11-26-20/h3,7-9,11-12,19H,1-2,4-6,10,13-15H2,(H,22,24)/p+1/t19-/m0/s1. The zero-order valence-corrected chi connectivity index (χ0v) is 15.9. The fourth-order valence-electron chi connectivity index (χ4n) is 4.08. The quantitative estimate of drug-likeness (QED) is 0.785. The zero-order chi connectivity index (χ0) is 17.8. The van der Waals surface area contributed by atoms with Crippen LogP contribution in [0.15, 0.2) is 35.7 Å². The summed E-state index contributed by atoms with van der Waals surface area (Å²) in [5.74, 6) is 0.0903. The molecular weight excluding hydrogens is 344 g/mol. The van der Waals surface area contributed by atoms with Gasteiger partial charge in [-0.25, -0.2) is 0 Å². The highest BCUT2D eigenvalue weighted by Gasteiger charge is 2.24. The van der Waals surface area contributed by atoms with Gasteiger partial charge in [0.05, 0.1) is 4.88 Å². The van der Waals surface area contributed by atoms with Crippen molar-refractivity contribution < 1.29 is 14.4 Å². The van der Waals surface area contributed by atoms with Gasteiger partial charge < -0.3 is 15.0 Å². The lowest BCUT2D eigenvalue weighted by Crippen LogP contribution is -3.12. The Labute approximate surface area is 159 Å². The minimum atomic E-state index is 0.0903. The van der Waals surface area contributed by atoms with Gasteiger partial charge in [-0.1, -0.05) is 12.1 Å². The number of ether oxygens (including phenoxy) is 1. The number of fused-ring (bicyclic) bond motifs is 1. The van der Waals surface area contributed by atoms with Gasteiger partial charge in [0.2, 0.25) is 0 Å². The lowest BCUT2D eigenvalue weighted by molar-refractivity contribution is -0.908. The summed E-state index contributed by atoms with van der Waals surface area (Å²) in [4.78, 5) is 15.3. The van der Waals surface area contributed by atoms with Crippen molar-refractivity contribution in [1.29, 1.82) is 0 Å². The van der Waals surface area contributed by atoms with E-state index in [9.17, 15) is 4.79 Å². The van der Waals surface area contributed by atoms with Crippen LogP contribution in [0.5, 0.6) is 0 Å². The lowest BCUT2D eigenvalue weighted by atomic mass is 10.1. The Bertz CT molecular complexity index is 738. The summed E-state index contributed by atoms with van der Waals surface area (Å²) in [5.41, 5.74) is 3.76. The summed E-state index contributed by atoms with van der Waals surface area (Å²) in [5, 5.41) is 5.21. The molecule has 1 amide bonds. The number of amides is 1. The van der Waals surface area contributed by atoms with Crippen LogP contribution in [-0.2, 0) is 28.9 Å². The van der Waals surface area contributed by atoms with Crippen molar-refractivity contribution in [2.45, 2.75) is 44.8 Å². The Morgan fingerprint density at radius 1 is 1.23 bits per heavy atom. The second-order valence-electron chi connectivity index (χ2n) is 7.41. The van der Waals surface area contributed by atoms with E-state index in [4.69, 9.17) is 4.74 Å². The van der Waals surface area contributed by atoms with Crippen LogP contribution in [0, 0.1) is 0 Å². The van der Waals surface area contributed by atoms with Crippen molar-refractivity contribution in [3.05, 3.63) is 51.7 Å². The smallest absolute Gasteiger partial charge is 0.279 e. The third-order valence-electron chi connectivity index (χ3n) is 5.34. The van der Waals surface area contributed by atoms with E-state index in [2.05, 4.69) is 35.0 Å². The number of aryl methyl sites for hydroxylation is 2. The molecule has 5 heteroatoms. The van der Waals surface area contributed by atoms with Crippen LogP contribution in [0.25, 0.3) is 0 Å². The highest BCUT2D eigenvalue weighted by Crippen LogP contribution is 2.24. The number of quaternary nitrogens is 1. The summed E-state index contributed by atoms with van der Waals surface area (Å²) in [7, 11) is 0. The molecule has 26 heavy (non-hydrogen) atoms. The molecule has 2 aliphatic rings. The minimum absolute atomic E-state index is 0.0903. The summed E-state index contributed by atoms with van der Waals surface area (Å²) in [6.45, 7) is 3.12. The van der Waals surface area contributed by atoms with Crippen LogP contribution in [0.2, 0.25) is 0 Å². The molecule has 1 fully saturated rings. The molecule has 2 heterocycles. The maximum atomic E-state index is 12.7. The number of nitrogens with one attached hydrogen (secondary N) is 2. The number of thiophene rings is 1. The molecule has 2 atom stereocenters. The van der Waals surface area contributed by atoms with Gasteiger partial charge in [0, 0.05) is 12.3 Å². The van der Waals surface area contributed by atoms with Gasteiger partial charge in [0.25, 0.3) is 5.91 Å². The topological polar surface area (TPSA) is 42.8 Å². The maximum Gasteiger partial charge on any atom is 0.279 e. The first kappa shape index (κ1) is 17.7. The molecule has 1 saturated heterocycles. The number of anilines is 1. The van der Waals surface area contributed by atoms with Gasteiger partial charge >= 0.3 is 0 Å². The van der Waals surface area contributed by atoms with E-state index >= 15 is 0 Å². The average molecular weight is 372 g/mol. The van der Waals surface area contributed by atoms with Gasteiger partial charge in [-0.3, -0.25) is 4.79 Å². The van der Waals surface area contributed by atoms with Gasteiger partial charge in [-0.2, -0.15) is 0 Å². The van der Waals surface area contributed by atoms with E-state index in [0.29, 0.717) is 6.54 Å². The second-order valence-corrected chi connectivity index (χ2v) is 8.44. The summed E-state index contributed by atoms with van der Waals surface area (Å²) in [6, 6.07) is 10.6. The van der Waals surface area contributed by atoms with Crippen molar-refractivity contribution in [3.8, 4) is 0 Å². The molecule has 138 valence electrons. The van der Waals surface area contributed by atoms with Crippen molar-refractivity contribution >= 4 is 22.9 Å². The van der Waals surface area contributed by atoms with E-state index in [0.717, 1.165) is 44.6 Å². The fourth-order valence-corrected chi connectivity index (χ4v) is 4.85. The van der Waals surface area contributed by atoms with Crippen LogP contribution in [0.4, 0.5) is 5.69 Å². The molecule has 0 radical (unpaired) electrons. The average Bonchev–Trinajstić information content (AvgIpc) is 3.36. The van der Waals surface area contributed by atoms with Gasteiger partial charge in [0.15, 0.2) is 6.54 Å². The molecule has 4 nitrogen and oxygen atoms in total. The monoisotopic (exact) mass is 371 g/mol. The molecule has 4 rings (SSSR count). The van der Waals surface area contributed by atoms with Gasteiger partial charge in [0.1, 0.15) is 19.2 Å². The number of rotatable bonds is 7. The predicted octanol–water partition coefficient (Wildman–Crippen LogP) is 2.44. The Kier molecular flexibility index (Phi) is 5.68. The number of hydrogen-bond donors (Lipinski definition) is 2. The number of carbonyl (C=O) groups excluding carboxylic acids is 1. The number of carbonyl (C=O) groups is 1. The second kappa shape index (κ2) is 8.33. The number of hydrogen-bond acceptors (Lipinski definition) is 3. The van der Waals surface area contributed by atoms with Crippen LogP contribution >= 0.6 is 11.3 Å². The van der Waals surface area contributed by atoms with E-state index < -0.39 is 0 Å². The predicted molar refractivity (Wildman–Crippen MR) is 105 cm³/mol. The molecule has 1 aromatic carbocycles. The van der Waals surface area contributed by atoms with E-state index in [1.54, 1.807) is 11.3 Å². The van der Waals surface area contributed by atoms with Crippen molar-refractivity contribution in [3.63, 3.8) is 0 Å². The van der Waals surface area contributed by atoms with Crippen LogP contribution < -0.4 is 10.2 Å². The molecule has 1 aliphatic carbocycles. The fraction of sp³-hybridized carbons (Fsp3) is 0.476. The first-order valence-electron chi connectivity index (χ1n) is 9.65. The molecule has 0 spiro atoms. The van der Waals surface area contributed by atoms with Crippen molar-refractivity contribution in [2.24, 2.45) is 0 Å². The number of benzene rings is 1. The molecular formula is C21H27N2O2S+. The molecule has 1 aromatic heterocycles. The van der Waals surface area contributed by atoms with Crippen LogP contribution in [0.3, 0.4) is 0 Å². The largest absolute Gasteiger partial charge is 0.372 e. The third kappa shape index (κ3) is 4.53. The Balaban J connectivity index is 1.38. The molecule has 1 unspecified atom stereocenters. The Hall–Kier alpha value is -1.69. The molecule has 0 bridgehead atoms. The summed E-state index contributed by atoms with van der Waals surface area (Å²) in [6.07, 6.45) is 6.07. The SMILES string of the molecule is O=C(C[NH+](Cc1cccs1)C[C@@H]1CCCO1)Nc1ccc2c(c1)CCC2. The van der Waals surface area contributed by atoms with Crippen molar-refractivity contribution in [2.75, 3.05) is 25.0 Å². The first-order valence-corrected chi connectivity index (χ1v) is 10.5. The Morgan fingerprint density at radius 2 is 2.15 bits per heavy atom. The molecule has 2 aromatic rings. The minimum Gasteiger partial charge on any atom is -0.372 e. The summed E-state index contributed by atoms with van der Waals surface area (Å²) >= 11 is 1.76.